The topological polar surface area (TPSA) is 64.7 Å². The van der Waals surface area contributed by atoms with Gasteiger partial charge in [-0.25, -0.2) is 0 Å². The van der Waals surface area contributed by atoms with Crippen LogP contribution in [0.2, 0.25) is 0 Å². The van der Waals surface area contributed by atoms with Crippen molar-refractivity contribution in [2.75, 3.05) is 6.54 Å². The van der Waals surface area contributed by atoms with Gasteiger partial charge in [0.1, 0.15) is 6.54 Å². The lowest BCUT2D eigenvalue weighted by atomic mass is 10.4. The lowest BCUT2D eigenvalue weighted by Crippen LogP contribution is -2.29. The monoisotopic (exact) mass is 339 g/mol. The number of aryl methyl sites for hydroxylation is 2. The van der Waals surface area contributed by atoms with Gasteiger partial charge in [-0.1, -0.05) is 0 Å². The average Bonchev–Trinajstić information content (AvgIpc) is 3.01. The Balaban J connectivity index is 1.74. The molecule has 0 aliphatic rings. The normalized spacial score (nSPS) is 10.8. The van der Waals surface area contributed by atoms with Crippen molar-refractivity contribution in [3.05, 3.63) is 34.3 Å². The van der Waals surface area contributed by atoms with Gasteiger partial charge in [0, 0.05) is 25.5 Å². The van der Waals surface area contributed by atoms with E-state index in [-0.39, 0.29) is 12.5 Å². The second-order valence-electron chi connectivity index (χ2n) is 4.62. The van der Waals surface area contributed by atoms with E-state index in [0.29, 0.717) is 6.54 Å². The fraction of sp³-hybridized carbons (Fsp3) is 0.462. The predicted octanol–water partition coefficient (Wildman–Crippen LogP) is 1.67. The molecule has 0 saturated carbocycles. The van der Waals surface area contributed by atoms with E-state index in [1.165, 1.54) is 0 Å². The number of amides is 1. The lowest BCUT2D eigenvalue weighted by Gasteiger charge is -2.07. The molecule has 2 heterocycles. The Kier molecular flexibility index (Phi) is 4.94. The van der Waals surface area contributed by atoms with Crippen molar-refractivity contribution in [1.82, 2.24) is 24.9 Å². The van der Waals surface area contributed by atoms with Crippen LogP contribution in [-0.2, 0) is 17.9 Å². The van der Waals surface area contributed by atoms with Gasteiger partial charge in [0.05, 0.1) is 15.9 Å². The van der Waals surface area contributed by atoms with Crippen LogP contribution in [-0.4, -0.2) is 32.0 Å². The number of rotatable bonds is 6. The number of nitrogens with zero attached hydrogens (tertiary/aromatic N) is 4. The minimum absolute atomic E-state index is 0.0245. The van der Waals surface area contributed by atoms with Crippen molar-refractivity contribution >= 4 is 21.8 Å². The van der Waals surface area contributed by atoms with Crippen molar-refractivity contribution in [2.45, 2.75) is 33.4 Å². The number of hydrogen-bond donors (Lipinski definition) is 1. The summed E-state index contributed by atoms with van der Waals surface area (Å²) in [4.78, 5) is 11.8. The first kappa shape index (κ1) is 14.8. The average molecular weight is 340 g/mol. The maximum Gasteiger partial charge on any atom is 0.241 e. The molecule has 0 spiro atoms. The highest BCUT2D eigenvalue weighted by Crippen LogP contribution is 2.19. The molecule has 0 fully saturated rings. The Bertz CT molecular complexity index is 576. The molecule has 0 aromatic carbocycles. The minimum atomic E-state index is -0.0245. The second-order valence-corrected chi connectivity index (χ2v) is 5.41. The minimum Gasteiger partial charge on any atom is -0.354 e. The molecule has 0 radical (unpaired) electrons. The van der Waals surface area contributed by atoms with E-state index in [1.807, 2.05) is 30.8 Å². The molecule has 6 nitrogen and oxygen atoms in total. The van der Waals surface area contributed by atoms with Crippen LogP contribution >= 0.6 is 15.9 Å². The van der Waals surface area contributed by atoms with Crippen molar-refractivity contribution in [2.24, 2.45) is 0 Å². The van der Waals surface area contributed by atoms with E-state index >= 15 is 0 Å². The lowest BCUT2D eigenvalue weighted by molar-refractivity contribution is -0.121. The highest BCUT2D eigenvalue weighted by Gasteiger charge is 2.11. The quantitative estimate of drug-likeness (QED) is 0.814. The van der Waals surface area contributed by atoms with Crippen LogP contribution in [0.15, 0.2) is 22.9 Å². The molecule has 0 aliphatic carbocycles. The van der Waals surface area contributed by atoms with Crippen LogP contribution in [0.5, 0.6) is 0 Å². The third-order valence-corrected chi connectivity index (χ3v) is 4.18. The zero-order chi connectivity index (χ0) is 14.5. The van der Waals surface area contributed by atoms with Crippen LogP contribution in [0.25, 0.3) is 0 Å². The molecule has 0 saturated heterocycles. The summed E-state index contributed by atoms with van der Waals surface area (Å²) in [6.45, 7) is 5.54. The maximum absolute atomic E-state index is 11.8. The molecule has 1 N–H and O–H groups in total. The molecule has 1 amide bonds. The van der Waals surface area contributed by atoms with Gasteiger partial charge in [0.15, 0.2) is 0 Å². The van der Waals surface area contributed by atoms with Gasteiger partial charge in [-0.2, -0.15) is 10.2 Å². The van der Waals surface area contributed by atoms with Crippen LogP contribution < -0.4 is 5.32 Å². The standard InChI is InChI=1S/C13H18BrN5O/c1-10-13(14)11(2)19(17-10)9-12(20)15-5-3-7-18-8-4-6-16-18/h4,6,8H,3,5,7,9H2,1-2H3,(H,15,20). The summed E-state index contributed by atoms with van der Waals surface area (Å²) in [6, 6.07) is 1.89. The zero-order valence-electron chi connectivity index (χ0n) is 11.6. The van der Waals surface area contributed by atoms with Crippen LogP contribution in [0.1, 0.15) is 17.8 Å². The van der Waals surface area contributed by atoms with E-state index in [2.05, 4.69) is 31.4 Å². The Morgan fingerprint density at radius 1 is 1.45 bits per heavy atom. The maximum atomic E-state index is 11.8. The molecule has 2 aromatic rings. The van der Waals surface area contributed by atoms with Crippen LogP contribution in [0.3, 0.4) is 0 Å². The molecule has 2 rings (SSSR count). The number of carbonyl (C=O) groups is 1. The van der Waals surface area contributed by atoms with Crippen molar-refractivity contribution in [1.29, 1.82) is 0 Å². The SMILES string of the molecule is Cc1nn(CC(=O)NCCCn2cccn2)c(C)c1Br. The second kappa shape index (κ2) is 6.69. The third-order valence-electron chi connectivity index (χ3n) is 3.03. The molecule has 2 aromatic heterocycles. The van der Waals surface area contributed by atoms with Gasteiger partial charge in [0.25, 0.3) is 0 Å². The van der Waals surface area contributed by atoms with Crippen molar-refractivity contribution < 1.29 is 4.79 Å². The van der Waals surface area contributed by atoms with Crippen molar-refractivity contribution in [3.8, 4) is 0 Å². The van der Waals surface area contributed by atoms with Gasteiger partial charge in [-0.3, -0.25) is 14.2 Å². The molecular weight excluding hydrogens is 322 g/mol. The fourth-order valence-corrected chi connectivity index (χ4v) is 2.21. The summed E-state index contributed by atoms with van der Waals surface area (Å²) in [7, 11) is 0. The molecule has 0 aliphatic heterocycles. The predicted molar refractivity (Wildman–Crippen MR) is 79.3 cm³/mol. The molecule has 0 atom stereocenters. The van der Waals surface area contributed by atoms with E-state index in [9.17, 15) is 4.79 Å². The van der Waals surface area contributed by atoms with Gasteiger partial charge >= 0.3 is 0 Å². The summed E-state index contributed by atoms with van der Waals surface area (Å²) in [5.74, 6) is -0.0245. The molecule has 20 heavy (non-hydrogen) atoms. The van der Waals surface area contributed by atoms with Crippen LogP contribution in [0.4, 0.5) is 0 Å². The first-order chi connectivity index (χ1) is 9.58. The van der Waals surface area contributed by atoms with Gasteiger partial charge < -0.3 is 5.32 Å². The number of hydrogen-bond acceptors (Lipinski definition) is 3. The largest absolute Gasteiger partial charge is 0.354 e. The third kappa shape index (κ3) is 3.69. The molecule has 108 valence electrons. The van der Waals surface area contributed by atoms with Crippen molar-refractivity contribution in [3.63, 3.8) is 0 Å². The highest BCUT2D eigenvalue weighted by atomic mass is 79.9. The molecular formula is C13H18BrN5O. The van der Waals surface area contributed by atoms with E-state index in [1.54, 1.807) is 10.9 Å². The first-order valence-electron chi connectivity index (χ1n) is 6.51. The first-order valence-corrected chi connectivity index (χ1v) is 7.31. The number of halogens is 1. The van der Waals surface area contributed by atoms with Gasteiger partial charge in [-0.15, -0.1) is 0 Å². The zero-order valence-corrected chi connectivity index (χ0v) is 13.2. The Morgan fingerprint density at radius 3 is 2.85 bits per heavy atom. The van der Waals surface area contributed by atoms with E-state index in [0.717, 1.165) is 28.8 Å². The number of carbonyl (C=O) groups excluding carboxylic acids is 1. The highest BCUT2D eigenvalue weighted by molar-refractivity contribution is 9.10. The summed E-state index contributed by atoms with van der Waals surface area (Å²) in [5.41, 5.74) is 1.86. The Morgan fingerprint density at radius 2 is 2.25 bits per heavy atom. The summed E-state index contributed by atoms with van der Waals surface area (Å²) < 4.78 is 4.52. The van der Waals surface area contributed by atoms with E-state index in [4.69, 9.17) is 0 Å². The molecule has 0 unspecified atom stereocenters. The van der Waals surface area contributed by atoms with Gasteiger partial charge in [0.2, 0.25) is 5.91 Å². The molecule has 0 bridgehead atoms. The fourth-order valence-electron chi connectivity index (χ4n) is 1.92. The number of aromatic nitrogens is 4. The Labute approximate surface area is 126 Å². The van der Waals surface area contributed by atoms with Gasteiger partial charge in [-0.05, 0) is 42.3 Å². The summed E-state index contributed by atoms with van der Waals surface area (Å²) >= 11 is 3.45. The number of nitrogens with one attached hydrogen (secondary N) is 1. The molecule has 7 heteroatoms. The smallest absolute Gasteiger partial charge is 0.241 e. The van der Waals surface area contributed by atoms with E-state index < -0.39 is 0 Å². The summed E-state index contributed by atoms with van der Waals surface area (Å²) in [6.07, 6.45) is 4.52. The summed E-state index contributed by atoms with van der Waals surface area (Å²) in [5, 5.41) is 11.3. The Hall–Kier alpha value is -1.63. The van der Waals surface area contributed by atoms with Crippen LogP contribution in [0, 0.1) is 13.8 Å².